The average Bonchev–Trinajstić information content (AvgIpc) is 3.08. The molecule has 1 aliphatic carbocycles. The van der Waals surface area contributed by atoms with E-state index in [1.54, 1.807) is 0 Å². The first-order chi connectivity index (χ1) is 13.4. The fourth-order valence-electron chi connectivity index (χ4n) is 4.71. The van der Waals surface area contributed by atoms with Gasteiger partial charge in [0.2, 0.25) is 0 Å². The Morgan fingerprint density at radius 1 is 1.18 bits per heavy atom. The van der Waals surface area contributed by atoms with Crippen LogP contribution in [0.3, 0.4) is 0 Å². The summed E-state index contributed by atoms with van der Waals surface area (Å²) >= 11 is 3.64. The molecular weight excluding hydrogens is 416 g/mol. The highest BCUT2D eigenvalue weighted by Crippen LogP contribution is 2.52. The average molecular weight is 441 g/mol. The maximum atomic E-state index is 12.5. The van der Waals surface area contributed by atoms with Gasteiger partial charge in [0.25, 0.3) is 0 Å². The predicted octanol–water partition coefficient (Wildman–Crippen LogP) is 5.70. The third kappa shape index (κ3) is 3.62. The first-order valence-corrected chi connectivity index (χ1v) is 10.5. The molecule has 0 amide bonds. The zero-order valence-electron chi connectivity index (χ0n) is 16.4. The van der Waals surface area contributed by atoms with Crippen LogP contribution in [-0.4, -0.2) is 12.6 Å². The van der Waals surface area contributed by atoms with Gasteiger partial charge in [-0.3, -0.25) is 4.79 Å². The minimum absolute atomic E-state index is 0.0672. The first kappa shape index (κ1) is 19.3. The molecule has 2 aromatic rings. The summed E-state index contributed by atoms with van der Waals surface area (Å²) in [4.78, 5) is 12.5. The molecule has 28 heavy (non-hydrogen) atoms. The second-order valence-electron chi connectivity index (χ2n) is 8.31. The lowest BCUT2D eigenvalue weighted by molar-refractivity contribution is -0.146. The van der Waals surface area contributed by atoms with Crippen molar-refractivity contribution in [1.29, 1.82) is 0 Å². The van der Waals surface area contributed by atoms with Crippen molar-refractivity contribution in [3.8, 4) is 5.75 Å². The van der Waals surface area contributed by atoms with Crippen LogP contribution in [-0.2, 0) is 22.6 Å². The third-order valence-corrected chi connectivity index (χ3v) is 6.52. The number of allylic oxidation sites excluding steroid dienone is 1. The van der Waals surface area contributed by atoms with Gasteiger partial charge in [0.1, 0.15) is 12.4 Å². The molecule has 2 unspecified atom stereocenters. The van der Waals surface area contributed by atoms with Gasteiger partial charge in [0, 0.05) is 5.92 Å². The molecule has 0 radical (unpaired) electrons. The van der Waals surface area contributed by atoms with Gasteiger partial charge < -0.3 is 9.47 Å². The van der Waals surface area contributed by atoms with Crippen LogP contribution in [0.2, 0.25) is 0 Å². The highest BCUT2D eigenvalue weighted by Gasteiger charge is 2.55. The van der Waals surface area contributed by atoms with E-state index in [1.165, 1.54) is 11.1 Å². The molecular formula is C24H25BrO3. The maximum absolute atomic E-state index is 12.5. The number of aryl methyl sites for hydroxylation is 2. The molecule has 0 spiro atoms. The quantitative estimate of drug-likeness (QED) is 0.441. The summed E-state index contributed by atoms with van der Waals surface area (Å²) in [6, 6.07) is 12.6. The molecule has 2 atom stereocenters. The minimum Gasteiger partial charge on any atom is -0.488 e. The normalized spacial score (nSPS) is 23.6. The zero-order valence-corrected chi connectivity index (χ0v) is 18.0. The van der Waals surface area contributed by atoms with E-state index in [2.05, 4.69) is 66.7 Å². The number of esters is 1. The van der Waals surface area contributed by atoms with Gasteiger partial charge in [0.15, 0.2) is 0 Å². The summed E-state index contributed by atoms with van der Waals surface area (Å²) in [6.45, 7) is 9.36. The number of hydrogen-bond donors (Lipinski definition) is 0. The van der Waals surface area contributed by atoms with Crippen molar-refractivity contribution < 1.29 is 14.3 Å². The van der Waals surface area contributed by atoms with Crippen molar-refractivity contribution >= 4 is 21.9 Å². The highest BCUT2D eigenvalue weighted by molar-refractivity contribution is 9.10. The molecule has 146 valence electrons. The smallest absolute Gasteiger partial charge is 0.313 e. The Morgan fingerprint density at radius 2 is 1.93 bits per heavy atom. The second-order valence-corrected chi connectivity index (χ2v) is 9.16. The van der Waals surface area contributed by atoms with Gasteiger partial charge in [-0.1, -0.05) is 47.5 Å². The van der Waals surface area contributed by atoms with Crippen molar-refractivity contribution in [2.45, 2.75) is 39.7 Å². The van der Waals surface area contributed by atoms with E-state index in [4.69, 9.17) is 9.47 Å². The lowest BCUT2D eigenvalue weighted by Gasteiger charge is -2.24. The van der Waals surface area contributed by atoms with Crippen molar-refractivity contribution in [1.82, 2.24) is 0 Å². The summed E-state index contributed by atoms with van der Waals surface area (Å²) < 4.78 is 12.3. The molecule has 0 N–H and O–H groups in total. The van der Waals surface area contributed by atoms with Crippen molar-refractivity contribution in [3.05, 3.63) is 75.3 Å². The number of hydrogen-bond acceptors (Lipinski definition) is 3. The third-order valence-electron chi connectivity index (χ3n) is 5.90. The Labute approximate surface area is 174 Å². The number of cyclic esters (lactones) is 1. The highest BCUT2D eigenvalue weighted by atomic mass is 79.9. The Kier molecular flexibility index (Phi) is 5.09. The molecule has 4 rings (SSSR count). The lowest BCUT2D eigenvalue weighted by Crippen LogP contribution is -2.31. The topological polar surface area (TPSA) is 35.5 Å². The predicted molar refractivity (Wildman–Crippen MR) is 113 cm³/mol. The molecule has 3 nitrogen and oxygen atoms in total. The fourth-order valence-corrected chi connectivity index (χ4v) is 5.25. The second kappa shape index (κ2) is 7.40. The van der Waals surface area contributed by atoms with E-state index < -0.39 is 5.41 Å². The molecule has 1 heterocycles. The molecule has 2 aromatic carbocycles. The van der Waals surface area contributed by atoms with E-state index >= 15 is 0 Å². The summed E-state index contributed by atoms with van der Waals surface area (Å²) in [7, 11) is 0. The van der Waals surface area contributed by atoms with Crippen LogP contribution in [0.1, 0.15) is 35.1 Å². The summed E-state index contributed by atoms with van der Waals surface area (Å²) in [5.41, 5.74) is 5.48. The SMILES string of the molecule is C=C1CC2COC(=O)C2(Cc2ccc(OCc3cc(C)cc(C)c3)c(Br)c2)C1. The van der Waals surface area contributed by atoms with Gasteiger partial charge in [-0.25, -0.2) is 0 Å². The van der Waals surface area contributed by atoms with Crippen LogP contribution >= 0.6 is 15.9 Å². The summed E-state index contributed by atoms with van der Waals surface area (Å²) in [5, 5.41) is 0. The van der Waals surface area contributed by atoms with E-state index in [0.29, 0.717) is 19.6 Å². The molecule has 1 saturated carbocycles. The van der Waals surface area contributed by atoms with Crippen LogP contribution in [0.25, 0.3) is 0 Å². The van der Waals surface area contributed by atoms with Crippen molar-refractivity contribution in [2.75, 3.05) is 6.61 Å². The van der Waals surface area contributed by atoms with Crippen LogP contribution in [0.15, 0.2) is 53.0 Å². The largest absolute Gasteiger partial charge is 0.488 e. The van der Waals surface area contributed by atoms with Crippen LogP contribution in [0, 0.1) is 25.2 Å². The van der Waals surface area contributed by atoms with Gasteiger partial charge >= 0.3 is 5.97 Å². The van der Waals surface area contributed by atoms with Crippen LogP contribution in [0.5, 0.6) is 5.75 Å². The summed E-state index contributed by atoms with van der Waals surface area (Å²) in [6.07, 6.45) is 2.31. The number of benzene rings is 2. The number of carbonyl (C=O) groups excluding carboxylic acids is 1. The minimum atomic E-state index is -0.433. The van der Waals surface area contributed by atoms with Gasteiger partial charge in [-0.05, 0) is 72.3 Å². The lowest BCUT2D eigenvalue weighted by atomic mass is 9.75. The van der Waals surface area contributed by atoms with E-state index in [1.807, 2.05) is 6.07 Å². The Bertz CT molecular complexity index is 929. The molecule has 2 fully saturated rings. The molecule has 0 bridgehead atoms. The Hall–Kier alpha value is -2.07. The number of halogens is 1. The van der Waals surface area contributed by atoms with Crippen molar-refractivity contribution in [2.24, 2.45) is 11.3 Å². The van der Waals surface area contributed by atoms with Crippen molar-refractivity contribution in [3.63, 3.8) is 0 Å². The van der Waals surface area contributed by atoms with Gasteiger partial charge in [-0.15, -0.1) is 0 Å². The van der Waals surface area contributed by atoms with E-state index in [0.717, 1.165) is 39.8 Å². The maximum Gasteiger partial charge on any atom is 0.313 e. The standard InChI is InChI=1S/C24H25BrO3/c1-15-6-16(2)8-19(7-15)13-27-22-5-4-18(10-21(22)25)12-24-11-17(3)9-20(24)14-28-23(24)26/h4-8,10,20H,3,9,11-14H2,1-2H3. The van der Waals surface area contributed by atoms with E-state index in [9.17, 15) is 4.79 Å². The molecule has 2 aliphatic rings. The van der Waals surface area contributed by atoms with Gasteiger partial charge in [0.05, 0.1) is 16.5 Å². The summed E-state index contributed by atoms with van der Waals surface area (Å²) in [5.74, 6) is 0.996. The number of fused-ring (bicyclic) bond motifs is 1. The monoisotopic (exact) mass is 440 g/mol. The molecule has 1 saturated heterocycles. The van der Waals surface area contributed by atoms with E-state index in [-0.39, 0.29) is 11.9 Å². The number of ether oxygens (including phenoxy) is 2. The number of carbonyl (C=O) groups is 1. The number of rotatable bonds is 5. The molecule has 0 aromatic heterocycles. The van der Waals surface area contributed by atoms with Gasteiger partial charge in [-0.2, -0.15) is 0 Å². The molecule has 4 heteroatoms. The first-order valence-electron chi connectivity index (χ1n) is 9.68. The fraction of sp³-hybridized carbons (Fsp3) is 0.375. The molecule has 1 aliphatic heterocycles. The van der Waals surface area contributed by atoms with Crippen LogP contribution < -0.4 is 4.74 Å². The Balaban J connectivity index is 1.49. The Morgan fingerprint density at radius 3 is 2.64 bits per heavy atom. The zero-order chi connectivity index (χ0) is 19.9. The van der Waals surface area contributed by atoms with Crippen LogP contribution in [0.4, 0.5) is 0 Å².